The Hall–Kier alpha value is -3.86. The number of hydrogen-bond donors (Lipinski definition) is 0. The molecule has 0 bridgehead atoms. The molecular formula is C33H38O5. The number of rotatable bonds is 16. The highest BCUT2D eigenvalue weighted by molar-refractivity contribution is 6.06. The number of allylic oxidation sites excluding steroid dienone is 1. The fourth-order valence-electron chi connectivity index (χ4n) is 3.98. The van der Waals surface area contributed by atoms with Gasteiger partial charge in [0.05, 0.1) is 19.3 Å². The first-order valence-corrected chi connectivity index (χ1v) is 13.5. The van der Waals surface area contributed by atoms with E-state index in [1.165, 1.54) is 51.0 Å². The number of carbonyl (C=O) groups excluding carboxylic acids is 2. The Morgan fingerprint density at radius 2 is 1.34 bits per heavy atom. The summed E-state index contributed by atoms with van der Waals surface area (Å²) in [5.41, 5.74) is 1.76. The lowest BCUT2D eigenvalue weighted by Crippen LogP contribution is -2.08. The number of unbranched alkanes of at least 4 members (excludes halogenated alkanes) is 7. The van der Waals surface area contributed by atoms with E-state index in [-0.39, 0.29) is 5.78 Å². The van der Waals surface area contributed by atoms with Gasteiger partial charge in [-0.05, 0) is 78.7 Å². The van der Waals surface area contributed by atoms with Crippen molar-refractivity contribution in [3.63, 3.8) is 0 Å². The zero-order chi connectivity index (χ0) is 27.0. The van der Waals surface area contributed by atoms with Gasteiger partial charge in [0.25, 0.3) is 0 Å². The van der Waals surface area contributed by atoms with Gasteiger partial charge in [0.2, 0.25) is 0 Å². The molecular weight excluding hydrogens is 476 g/mol. The molecule has 0 N–H and O–H groups in total. The molecule has 0 aliphatic heterocycles. The summed E-state index contributed by atoms with van der Waals surface area (Å²) < 4.78 is 16.5. The second-order valence-electron chi connectivity index (χ2n) is 9.24. The number of ether oxygens (including phenoxy) is 3. The molecule has 0 aromatic heterocycles. The minimum absolute atomic E-state index is 0.125. The van der Waals surface area contributed by atoms with Crippen molar-refractivity contribution in [1.29, 1.82) is 0 Å². The number of carbonyl (C=O) groups is 2. The monoisotopic (exact) mass is 514 g/mol. The predicted molar refractivity (Wildman–Crippen MR) is 152 cm³/mol. The van der Waals surface area contributed by atoms with E-state index in [0.29, 0.717) is 29.2 Å². The molecule has 0 spiro atoms. The third-order valence-electron chi connectivity index (χ3n) is 6.23. The van der Waals surface area contributed by atoms with Gasteiger partial charge in [-0.1, -0.05) is 70.1 Å². The minimum Gasteiger partial charge on any atom is -0.497 e. The molecule has 0 saturated carbocycles. The van der Waals surface area contributed by atoms with Crippen LogP contribution in [0.1, 0.15) is 84.6 Å². The standard InChI is InChI=1S/C33H38O5/c1-3-4-5-6-7-8-9-10-24-37-30-21-17-28(18-22-30)33(35)38-31-13-11-12-26(25-31)14-23-32(34)27-15-19-29(36-2)20-16-27/h11-23,25H,3-10,24H2,1-2H3/b23-14+. The number of hydrogen-bond acceptors (Lipinski definition) is 5. The molecule has 0 radical (unpaired) electrons. The Morgan fingerprint density at radius 3 is 2.03 bits per heavy atom. The molecule has 0 unspecified atom stereocenters. The summed E-state index contributed by atoms with van der Waals surface area (Å²) in [4.78, 5) is 25.0. The van der Waals surface area contributed by atoms with Gasteiger partial charge in [-0.2, -0.15) is 0 Å². The van der Waals surface area contributed by atoms with Crippen molar-refractivity contribution < 1.29 is 23.8 Å². The zero-order valence-electron chi connectivity index (χ0n) is 22.5. The van der Waals surface area contributed by atoms with Crippen LogP contribution in [0.5, 0.6) is 17.2 Å². The first-order valence-electron chi connectivity index (χ1n) is 13.5. The second kappa shape index (κ2) is 16.1. The fourth-order valence-corrected chi connectivity index (χ4v) is 3.98. The zero-order valence-corrected chi connectivity index (χ0v) is 22.5. The van der Waals surface area contributed by atoms with Gasteiger partial charge in [-0.15, -0.1) is 0 Å². The molecule has 3 aromatic carbocycles. The first-order chi connectivity index (χ1) is 18.6. The summed E-state index contributed by atoms with van der Waals surface area (Å²) in [6, 6.07) is 21.0. The first kappa shape index (κ1) is 28.7. The summed E-state index contributed by atoms with van der Waals surface area (Å²) >= 11 is 0. The van der Waals surface area contributed by atoms with Crippen molar-refractivity contribution in [1.82, 2.24) is 0 Å². The third-order valence-corrected chi connectivity index (χ3v) is 6.23. The largest absolute Gasteiger partial charge is 0.497 e. The van der Waals surface area contributed by atoms with Crippen molar-refractivity contribution in [3.8, 4) is 17.2 Å². The SMILES string of the molecule is CCCCCCCCCCOc1ccc(C(=O)Oc2cccc(/C=C/C(=O)c3ccc(OC)cc3)c2)cc1. The summed E-state index contributed by atoms with van der Waals surface area (Å²) in [5.74, 6) is 1.28. The summed E-state index contributed by atoms with van der Waals surface area (Å²) in [6.07, 6.45) is 13.3. The summed E-state index contributed by atoms with van der Waals surface area (Å²) in [5, 5.41) is 0. The van der Waals surface area contributed by atoms with Crippen LogP contribution in [0.25, 0.3) is 6.08 Å². The molecule has 0 heterocycles. The van der Waals surface area contributed by atoms with Crippen molar-refractivity contribution in [3.05, 3.63) is 95.6 Å². The molecule has 0 aliphatic rings. The minimum atomic E-state index is -0.449. The molecule has 0 atom stereocenters. The maximum atomic E-state index is 12.6. The van der Waals surface area contributed by atoms with Gasteiger partial charge < -0.3 is 14.2 Å². The Bertz CT molecular complexity index is 1160. The lowest BCUT2D eigenvalue weighted by molar-refractivity contribution is 0.0734. The molecule has 3 aromatic rings. The highest BCUT2D eigenvalue weighted by atomic mass is 16.5. The van der Waals surface area contributed by atoms with Gasteiger partial charge in [0, 0.05) is 5.56 Å². The van der Waals surface area contributed by atoms with Crippen LogP contribution in [0.2, 0.25) is 0 Å². The number of ketones is 1. The van der Waals surface area contributed by atoms with Crippen molar-refractivity contribution in [2.75, 3.05) is 13.7 Å². The Balaban J connectivity index is 1.44. The summed E-state index contributed by atoms with van der Waals surface area (Å²) in [7, 11) is 1.58. The second-order valence-corrected chi connectivity index (χ2v) is 9.24. The van der Waals surface area contributed by atoms with Crippen LogP contribution in [0, 0.1) is 0 Å². The molecule has 0 amide bonds. The van der Waals surface area contributed by atoms with Crippen LogP contribution in [0.4, 0.5) is 0 Å². The van der Waals surface area contributed by atoms with E-state index >= 15 is 0 Å². The molecule has 200 valence electrons. The number of methoxy groups -OCH3 is 1. The highest BCUT2D eigenvalue weighted by Crippen LogP contribution is 2.19. The molecule has 5 heteroatoms. The van der Waals surface area contributed by atoms with Gasteiger partial charge in [0.15, 0.2) is 5.78 Å². The quantitative estimate of drug-likeness (QED) is 0.0632. The van der Waals surface area contributed by atoms with E-state index < -0.39 is 5.97 Å². The molecule has 5 nitrogen and oxygen atoms in total. The lowest BCUT2D eigenvalue weighted by atomic mass is 10.1. The molecule has 0 fully saturated rings. The van der Waals surface area contributed by atoms with Crippen LogP contribution in [0.3, 0.4) is 0 Å². The average molecular weight is 515 g/mol. The van der Waals surface area contributed by atoms with Gasteiger partial charge in [-0.25, -0.2) is 4.79 Å². The molecule has 0 aliphatic carbocycles. The topological polar surface area (TPSA) is 61.8 Å². The lowest BCUT2D eigenvalue weighted by Gasteiger charge is -2.08. The maximum absolute atomic E-state index is 12.6. The average Bonchev–Trinajstić information content (AvgIpc) is 2.95. The third kappa shape index (κ3) is 9.89. The predicted octanol–water partition coefficient (Wildman–Crippen LogP) is 8.33. The Kier molecular flexibility index (Phi) is 12.1. The van der Waals surface area contributed by atoms with Gasteiger partial charge in [0.1, 0.15) is 17.2 Å². The van der Waals surface area contributed by atoms with Crippen molar-refractivity contribution >= 4 is 17.8 Å². The van der Waals surface area contributed by atoms with Crippen LogP contribution in [-0.4, -0.2) is 25.5 Å². The van der Waals surface area contributed by atoms with Crippen LogP contribution < -0.4 is 14.2 Å². The van der Waals surface area contributed by atoms with E-state index in [4.69, 9.17) is 14.2 Å². The van der Waals surface area contributed by atoms with E-state index in [0.717, 1.165) is 17.7 Å². The van der Waals surface area contributed by atoms with E-state index in [2.05, 4.69) is 6.92 Å². The van der Waals surface area contributed by atoms with Gasteiger partial charge in [-0.3, -0.25) is 4.79 Å². The smallest absolute Gasteiger partial charge is 0.343 e. The fraction of sp³-hybridized carbons (Fsp3) is 0.333. The molecule has 38 heavy (non-hydrogen) atoms. The number of benzene rings is 3. The highest BCUT2D eigenvalue weighted by Gasteiger charge is 2.09. The van der Waals surface area contributed by atoms with Crippen LogP contribution in [0.15, 0.2) is 78.9 Å². The molecule has 0 saturated heterocycles. The Morgan fingerprint density at radius 1 is 0.711 bits per heavy atom. The summed E-state index contributed by atoms with van der Waals surface area (Å²) in [6.45, 7) is 2.92. The van der Waals surface area contributed by atoms with Gasteiger partial charge >= 0.3 is 5.97 Å². The molecule has 3 rings (SSSR count). The van der Waals surface area contributed by atoms with E-state index in [9.17, 15) is 9.59 Å². The maximum Gasteiger partial charge on any atom is 0.343 e. The van der Waals surface area contributed by atoms with E-state index in [1.54, 1.807) is 79.9 Å². The van der Waals surface area contributed by atoms with Crippen molar-refractivity contribution in [2.24, 2.45) is 0 Å². The Labute approximate surface area is 226 Å². The van der Waals surface area contributed by atoms with E-state index in [1.807, 2.05) is 6.07 Å². The van der Waals surface area contributed by atoms with Crippen LogP contribution in [-0.2, 0) is 0 Å². The normalized spacial score (nSPS) is 10.9. The number of esters is 1. The van der Waals surface area contributed by atoms with Crippen LogP contribution >= 0.6 is 0 Å². The van der Waals surface area contributed by atoms with Crippen molar-refractivity contribution in [2.45, 2.75) is 58.3 Å².